The van der Waals surface area contributed by atoms with Gasteiger partial charge in [0, 0.05) is 6.20 Å². The Morgan fingerprint density at radius 1 is 1.28 bits per heavy atom. The zero-order chi connectivity index (χ0) is 13.0. The molecule has 0 aromatic carbocycles. The fourth-order valence-corrected chi connectivity index (χ4v) is 1.78. The zero-order valence-electron chi connectivity index (χ0n) is 9.76. The Bertz CT molecular complexity index is 555. The summed E-state index contributed by atoms with van der Waals surface area (Å²) in [6.45, 7) is 2.12. The molecule has 0 fully saturated rings. The molecule has 0 amide bonds. The highest BCUT2D eigenvalue weighted by molar-refractivity contribution is 9.10. The summed E-state index contributed by atoms with van der Waals surface area (Å²) in [5.74, 6) is -0.362. The van der Waals surface area contributed by atoms with Gasteiger partial charge in [-0.05, 0) is 47.1 Å². The van der Waals surface area contributed by atoms with Crippen LogP contribution in [-0.2, 0) is 4.74 Å². The van der Waals surface area contributed by atoms with Gasteiger partial charge in [-0.15, -0.1) is 0 Å². The Kier molecular flexibility index (Phi) is 4.04. The minimum atomic E-state index is -0.362. The summed E-state index contributed by atoms with van der Waals surface area (Å²) in [7, 11) is 0. The molecule has 0 radical (unpaired) electrons. The van der Waals surface area contributed by atoms with Gasteiger partial charge in [0.15, 0.2) is 0 Å². The van der Waals surface area contributed by atoms with Crippen LogP contribution >= 0.6 is 15.9 Å². The van der Waals surface area contributed by atoms with Crippen LogP contribution in [0.4, 0.5) is 0 Å². The molecule has 0 bridgehead atoms. The van der Waals surface area contributed by atoms with Crippen LogP contribution in [0.3, 0.4) is 0 Å². The molecule has 0 saturated heterocycles. The number of esters is 1. The van der Waals surface area contributed by atoms with Gasteiger partial charge >= 0.3 is 5.97 Å². The normalized spacial score (nSPS) is 10.1. The molecular formula is C13H11BrN2O2. The number of aromatic nitrogens is 2. The number of halogens is 1. The number of pyridine rings is 2. The summed E-state index contributed by atoms with van der Waals surface area (Å²) in [5.41, 5.74) is 1.90. The number of hydrogen-bond donors (Lipinski definition) is 0. The molecule has 5 heteroatoms. The van der Waals surface area contributed by atoms with Gasteiger partial charge in [-0.25, -0.2) is 9.78 Å². The van der Waals surface area contributed by atoms with E-state index in [0.717, 1.165) is 10.3 Å². The van der Waals surface area contributed by atoms with Gasteiger partial charge in [-0.3, -0.25) is 4.98 Å². The number of hydrogen-bond acceptors (Lipinski definition) is 4. The maximum absolute atomic E-state index is 11.5. The second-order valence-electron chi connectivity index (χ2n) is 3.50. The van der Waals surface area contributed by atoms with E-state index in [1.165, 1.54) is 6.20 Å². The van der Waals surface area contributed by atoms with E-state index in [1.54, 1.807) is 19.1 Å². The lowest BCUT2D eigenvalue weighted by atomic mass is 10.2. The van der Waals surface area contributed by atoms with E-state index in [4.69, 9.17) is 4.74 Å². The molecule has 0 aliphatic heterocycles. The van der Waals surface area contributed by atoms with Crippen LogP contribution in [0.15, 0.2) is 41.1 Å². The minimum Gasteiger partial charge on any atom is -0.462 e. The second-order valence-corrected chi connectivity index (χ2v) is 4.31. The van der Waals surface area contributed by atoms with Crippen molar-refractivity contribution in [3.63, 3.8) is 0 Å². The van der Waals surface area contributed by atoms with Gasteiger partial charge in [0.2, 0.25) is 0 Å². The van der Waals surface area contributed by atoms with Crippen molar-refractivity contribution in [1.82, 2.24) is 9.97 Å². The lowest BCUT2D eigenvalue weighted by molar-refractivity contribution is 0.0526. The number of carbonyl (C=O) groups excluding carboxylic acids is 1. The van der Waals surface area contributed by atoms with Crippen molar-refractivity contribution in [2.75, 3.05) is 6.61 Å². The lowest BCUT2D eigenvalue weighted by Gasteiger charge is -2.03. The van der Waals surface area contributed by atoms with Gasteiger partial charge < -0.3 is 4.74 Å². The highest BCUT2D eigenvalue weighted by Crippen LogP contribution is 2.17. The van der Waals surface area contributed by atoms with Crippen molar-refractivity contribution in [2.24, 2.45) is 0 Å². The standard InChI is InChI=1S/C13H11BrN2O2/c1-2-18-13(17)9-6-7-10(15-8-9)11-4-3-5-12(14)16-11/h3-8H,2H2,1H3. The number of nitrogens with zero attached hydrogens (tertiary/aromatic N) is 2. The van der Waals surface area contributed by atoms with Crippen LogP contribution in [-0.4, -0.2) is 22.5 Å². The van der Waals surface area contributed by atoms with E-state index in [2.05, 4.69) is 25.9 Å². The van der Waals surface area contributed by atoms with Crippen LogP contribution in [0.1, 0.15) is 17.3 Å². The number of carbonyl (C=O) groups is 1. The third-order valence-corrected chi connectivity index (χ3v) is 2.69. The molecular weight excluding hydrogens is 296 g/mol. The molecule has 0 aliphatic carbocycles. The van der Waals surface area contributed by atoms with Crippen molar-refractivity contribution in [1.29, 1.82) is 0 Å². The van der Waals surface area contributed by atoms with Gasteiger partial charge in [0.25, 0.3) is 0 Å². The van der Waals surface area contributed by atoms with Gasteiger partial charge in [0.05, 0.1) is 23.6 Å². The largest absolute Gasteiger partial charge is 0.462 e. The van der Waals surface area contributed by atoms with Crippen molar-refractivity contribution in [2.45, 2.75) is 6.92 Å². The van der Waals surface area contributed by atoms with Gasteiger partial charge in [-0.2, -0.15) is 0 Å². The first kappa shape index (κ1) is 12.7. The predicted molar refractivity (Wildman–Crippen MR) is 71.1 cm³/mol. The molecule has 0 atom stereocenters. The van der Waals surface area contributed by atoms with Gasteiger partial charge in [-0.1, -0.05) is 6.07 Å². The third-order valence-electron chi connectivity index (χ3n) is 2.25. The average molecular weight is 307 g/mol. The Labute approximate surface area is 113 Å². The molecule has 18 heavy (non-hydrogen) atoms. The Morgan fingerprint density at radius 3 is 2.72 bits per heavy atom. The maximum atomic E-state index is 11.5. The lowest BCUT2D eigenvalue weighted by Crippen LogP contribution is -2.05. The summed E-state index contributed by atoms with van der Waals surface area (Å²) < 4.78 is 5.64. The second kappa shape index (κ2) is 5.73. The molecule has 2 aromatic rings. The topological polar surface area (TPSA) is 52.1 Å². The highest BCUT2D eigenvalue weighted by atomic mass is 79.9. The summed E-state index contributed by atoms with van der Waals surface area (Å²) in [6, 6.07) is 9.02. The molecule has 2 rings (SSSR count). The average Bonchev–Trinajstić information content (AvgIpc) is 2.39. The van der Waals surface area contributed by atoms with E-state index in [9.17, 15) is 4.79 Å². The monoisotopic (exact) mass is 306 g/mol. The van der Waals surface area contributed by atoms with E-state index >= 15 is 0 Å². The van der Waals surface area contributed by atoms with Crippen molar-refractivity contribution in [3.8, 4) is 11.4 Å². The fourth-order valence-electron chi connectivity index (χ4n) is 1.43. The molecule has 0 spiro atoms. The molecule has 2 aromatic heterocycles. The van der Waals surface area contributed by atoms with Crippen LogP contribution in [0.25, 0.3) is 11.4 Å². The quantitative estimate of drug-likeness (QED) is 0.646. The van der Waals surface area contributed by atoms with E-state index in [-0.39, 0.29) is 5.97 Å². The van der Waals surface area contributed by atoms with E-state index in [1.807, 2.05) is 18.2 Å². The van der Waals surface area contributed by atoms with Crippen LogP contribution in [0, 0.1) is 0 Å². The molecule has 92 valence electrons. The fraction of sp³-hybridized carbons (Fsp3) is 0.154. The Hall–Kier alpha value is -1.75. The first-order chi connectivity index (χ1) is 8.70. The van der Waals surface area contributed by atoms with Gasteiger partial charge in [0.1, 0.15) is 4.60 Å². The number of rotatable bonds is 3. The first-order valence-electron chi connectivity index (χ1n) is 5.47. The molecule has 0 N–H and O–H groups in total. The Morgan fingerprint density at radius 2 is 2.11 bits per heavy atom. The SMILES string of the molecule is CCOC(=O)c1ccc(-c2cccc(Br)n2)nc1. The highest BCUT2D eigenvalue weighted by Gasteiger charge is 2.08. The van der Waals surface area contributed by atoms with Crippen molar-refractivity contribution < 1.29 is 9.53 Å². The van der Waals surface area contributed by atoms with Crippen LogP contribution in [0.2, 0.25) is 0 Å². The Balaban J connectivity index is 2.25. The first-order valence-corrected chi connectivity index (χ1v) is 6.26. The summed E-state index contributed by atoms with van der Waals surface area (Å²) in [5, 5.41) is 0. The van der Waals surface area contributed by atoms with Crippen molar-refractivity contribution in [3.05, 3.63) is 46.7 Å². The predicted octanol–water partition coefficient (Wildman–Crippen LogP) is 3.08. The minimum absolute atomic E-state index is 0.355. The van der Waals surface area contributed by atoms with Crippen LogP contribution in [0.5, 0.6) is 0 Å². The summed E-state index contributed by atoms with van der Waals surface area (Å²) in [4.78, 5) is 20.0. The summed E-state index contributed by atoms with van der Waals surface area (Å²) in [6.07, 6.45) is 1.50. The molecule has 0 aliphatic rings. The maximum Gasteiger partial charge on any atom is 0.339 e. The molecule has 0 unspecified atom stereocenters. The zero-order valence-corrected chi connectivity index (χ0v) is 11.3. The molecule has 4 nitrogen and oxygen atoms in total. The van der Waals surface area contributed by atoms with E-state index < -0.39 is 0 Å². The smallest absolute Gasteiger partial charge is 0.339 e. The summed E-state index contributed by atoms with van der Waals surface area (Å²) >= 11 is 3.30. The van der Waals surface area contributed by atoms with E-state index in [0.29, 0.717) is 17.9 Å². The van der Waals surface area contributed by atoms with Crippen molar-refractivity contribution >= 4 is 21.9 Å². The number of ether oxygens (including phenoxy) is 1. The molecule has 2 heterocycles. The third kappa shape index (κ3) is 2.92. The molecule has 0 saturated carbocycles. The van der Waals surface area contributed by atoms with Crippen LogP contribution < -0.4 is 0 Å².